The average molecular weight is 276 g/mol. The Morgan fingerprint density at radius 2 is 2.10 bits per heavy atom. The zero-order valence-corrected chi connectivity index (χ0v) is 11.8. The molecule has 0 bridgehead atoms. The van der Waals surface area contributed by atoms with E-state index in [1.54, 1.807) is 7.11 Å². The van der Waals surface area contributed by atoms with Gasteiger partial charge in [-0.1, -0.05) is 12.1 Å². The lowest BCUT2D eigenvalue weighted by Crippen LogP contribution is -2.30. The molecule has 0 amide bonds. The van der Waals surface area contributed by atoms with E-state index in [1.165, 1.54) is 0 Å². The summed E-state index contributed by atoms with van der Waals surface area (Å²) in [7, 11) is 1.63. The predicted octanol–water partition coefficient (Wildman–Crippen LogP) is 2.35. The summed E-state index contributed by atoms with van der Waals surface area (Å²) in [6.07, 6.45) is 3.29. The summed E-state index contributed by atoms with van der Waals surface area (Å²) in [5, 5.41) is 0. The first-order valence-corrected chi connectivity index (χ1v) is 7.14. The zero-order valence-electron chi connectivity index (χ0n) is 11.8. The van der Waals surface area contributed by atoms with Gasteiger partial charge in [0.1, 0.15) is 11.4 Å². The number of methoxy groups -OCH3 is 1. The van der Waals surface area contributed by atoms with Crippen molar-refractivity contribution in [1.82, 2.24) is 0 Å². The zero-order chi connectivity index (χ0) is 14.0. The Morgan fingerprint density at radius 3 is 2.65 bits per heavy atom. The lowest BCUT2D eigenvalue weighted by molar-refractivity contribution is -0.153. The maximum absolute atomic E-state index is 12.1. The number of hydrogen-bond donors (Lipinski definition) is 0. The minimum atomic E-state index is -0.222. The van der Waals surface area contributed by atoms with Crippen molar-refractivity contribution in [3.8, 4) is 5.75 Å². The molecule has 0 N–H and O–H groups in total. The van der Waals surface area contributed by atoms with Gasteiger partial charge in [-0.15, -0.1) is 0 Å². The Bertz CT molecular complexity index is 470. The number of benzene rings is 1. The summed E-state index contributed by atoms with van der Waals surface area (Å²) in [6.45, 7) is 1.53. The van der Waals surface area contributed by atoms with Gasteiger partial charge in [0.25, 0.3) is 0 Å². The Morgan fingerprint density at radius 1 is 1.35 bits per heavy atom. The normalized spacial score (nSPS) is 23.4. The lowest BCUT2D eigenvalue weighted by Gasteiger charge is -2.22. The molecule has 1 atom stereocenters. The summed E-state index contributed by atoms with van der Waals surface area (Å²) in [4.78, 5) is 12.1. The minimum Gasteiger partial charge on any atom is -0.497 e. The van der Waals surface area contributed by atoms with E-state index >= 15 is 0 Å². The van der Waals surface area contributed by atoms with Crippen LogP contribution < -0.4 is 4.74 Å². The number of carbonyl (C=O) groups excluding carboxylic acids is 1. The monoisotopic (exact) mass is 276 g/mol. The van der Waals surface area contributed by atoms with Crippen molar-refractivity contribution in [2.24, 2.45) is 5.92 Å². The summed E-state index contributed by atoms with van der Waals surface area (Å²) >= 11 is 0. The van der Waals surface area contributed by atoms with Gasteiger partial charge in [-0.05, 0) is 37.0 Å². The highest BCUT2D eigenvalue weighted by molar-refractivity contribution is 5.73. The fourth-order valence-corrected chi connectivity index (χ4v) is 2.84. The molecule has 2 fully saturated rings. The molecule has 108 valence electrons. The van der Waals surface area contributed by atoms with Gasteiger partial charge in [0.15, 0.2) is 0 Å². The van der Waals surface area contributed by atoms with Crippen molar-refractivity contribution in [3.63, 3.8) is 0 Å². The molecule has 1 aliphatic heterocycles. The van der Waals surface area contributed by atoms with E-state index in [4.69, 9.17) is 14.2 Å². The molecule has 0 spiro atoms. The van der Waals surface area contributed by atoms with Gasteiger partial charge in [-0.25, -0.2) is 0 Å². The number of carbonyl (C=O) groups is 1. The van der Waals surface area contributed by atoms with Gasteiger partial charge >= 0.3 is 5.97 Å². The Hall–Kier alpha value is -1.55. The van der Waals surface area contributed by atoms with Crippen LogP contribution in [0.2, 0.25) is 0 Å². The van der Waals surface area contributed by atoms with Crippen LogP contribution in [-0.4, -0.2) is 31.9 Å². The van der Waals surface area contributed by atoms with Gasteiger partial charge in [0.2, 0.25) is 0 Å². The van der Waals surface area contributed by atoms with Crippen LogP contribution in [0, 0.1) is 5.92 Å². The number of hydrogen-bond acceptors (Lipinski definition) is 4. The van der Waals surface area contributed by atoms with E-state index in [9.17, 15) is 4.79 Å². The number of esters is 1. The highest BCUT2D eigenvalue weighted by Crippen LogP contribution is 2.49. The van der Waals surface area contributed by atoms with Crippen LogP contribution in [0.15, 0.2) is 24.3 Å². The van der Waals surface area contributed by atoms with E-state index in [2.05, 4.69) is 0 Å². The van der Waals surface area contributed by atoms with Gasteiger partial charge in [-0.3, -0.25) is 4.79 Å². The Kier molecular flexibility index (Phi) is 3.66. The van der Waals surface area contributed by atoms with Gasteiger partial charge < -0.3 is 14.2 Å². The molecular formula is C16H20O4. The third-order valence-corrected chi connectivity index (χ3v) is 4.24. The summed E-state index contributed by atoms with van der Waals surface area (Å²) in [5.41, 5.74) is 0.731. The highest BCUT2D eigenvalue weighted by Gasteiger charge is 2.54. The lowest BCUT2D eigenvalue weighted by atomic mass is 9.99. The second-order valence-corrected chi connectivity index (χ2v) is 5.62. The molecule has 0 aromatic heterocycles. The van der Waals surface area contributed by atoms with Crippen LogP contribution in [0.1, 0.15) is 24.8 Å². The predicted molar refractivity (Wildman–Crippen MR) is 73.7 cm³/mol. The van der Waals surface area contributed by atoms with Crippen LogP contribution in [-0.2, 0) is 20.7 Å². The standard InChI is InChI=1S/C16H20O4/c1-18-14-4-2-12(3-5-14)10-15(17)20-16(7-8-16)13-6-9-19-11-13/h2-5,13H,6-11H2,1H3/t13-/m0/s1. The van der Waals surface area contributed by atoms with E-state index < -0.39 is 0 Å². The molecule has 4 heteroatoms. The van der Waals surface area contributed by atoms with Crippen LogP contribution in [0.3, 0.4) is 0 Å². The topological polar surface area (TPSA) is 44.8 Å². The van der Waals surface area contributed by atoms with E-state index in [0.29, 0.717) is 12.3 Å². The van der Waals surface area contributed by atoms with Gasteiger partial charge in [0.05, 0.1) is 20.1 Å². The average Bonchev–Trinajstić information content (AvgIpc) is 3.02. The molecule has 0 unspecified atom stereocenters. The van der Waals surface area contributed by atoms with Gasteiger partial charge in [0, 0.05) is 12.5 Å². The van der Waals surface area contributed by atoms with Crippen molar-refractivity contribution in [2.75, 3.05) is 20.3 Å². The molecule has 2 aliphatic rings. The maximum Gasteiger partial charge on any atom is 0.310 e. The van der Waals surface area contributed by atoms with Crippen LogP contribution >= 0.6 is 0 Å². The molecule has 1 saturated carbocycles. The smallest absolute Gasteiger partial charge is 0.310 e. The minimum absolute atomic E-state index is 0.139. The second kappa shape index (κ2) is 5.44. The number of rotatable bonds is 5. The summed E-state index contributed by atoms with van der Waals surface area (Å²) < 4.78 is 16.2. The number of ether oxygens (including phenoxy) is 3. The quantitative estimate of drug-likeness (QED) is 0.774. The molecule has 1 saturated heterocycles. The Labute approximate surface area is 119 Å². The SMILES string of the molecule is COc1ccc(CC(=O)OC2([C@H]3CCOC3)CC2)cc1. The molecule has 1 aromatic rings. The van der Waals surface area contributed by atoms with Crippen LogP contribution in [0.5, 0.6) is 5.75 Å². The van der Waals surface area contributed by atoms with Crippen molar-refractivity contribution in [1.29, 1.82) is 0 Å². The van der Waals surface area contributed by atoms with Gasteiger partial charge in [-0.2, -0.15) is 0 Å². The van der Waals surface area contributed by atoms with Crippen molar-refractivity contribution >= 4 is 5.97 Å². The first kappa shape index (κ1) is 13.4. The second-order valence-electron chi connectivity index (χ2n) is 5.62. The molecule has 20 heavy (non-hydrogen) atoms. The third-order valence-electron chi connectivity index (χ3n) is 4.24. The molecule has 4 nitrogen and oxygen atoms in total. The third kappa shape index (κ3) is 2.80. The van der Waals surface area contributed by atoms with E-state index in [1.807, 2.05) is 24.3 Å². The highest BCUT2D eigenvalue weighted by atomic mass is 16.6. The maximum atomic E-state index is 12.1. The van der Waals surface area contributed by atoms with E-state index in [0.717, 1.165) is 43.8 Å². The summed E-state index contributed by atoms with van der Waals surface area (Å²) in [5.74, 6) is 1.05. The molecule has 1 aromatic carbocycles. The fourth-order valence-electron chi connectivity index (χ4n) is 2.84. The van der Waals surface area contributed by atoms with E-state index in [-0.39, 0.29) is 11.6 Å². The van der Waals surface area contributed by atoms with Crippen molar-refractivity contribution in [3.05, 3.63) is 29.8 Å². The molecule has 1 heterocycles. The molecule has 1 aliphatic carbocycles. The molecule has 3 rings (SSSR count). The van der Waals surface area contributed by atoms with Crippen LogP contribution in [0.4, 0.5) is 0 Å². The Balaban J connectivity index is 1.56. The fraction of sp³-hybridized carbons (Fsp3) is 0.562. The van der Waals surface area contributed by atoms with Crippen LogP contribution in [0.25, 0.3) is 0 Å². The molecule has 0 radical (unpaired) electrons. The van der Waals surface area contributed by atoms with Crippen molar-refractivity contribution in [2.45, 2.75) is 31.3 Å². The first-order chi connectivity index (χ1) is 9.72. The van der Waals surface area contributed by atoms with Crippen molar-refractivity contribution < 1.29 is 19.0 Å². The molecular weight excluding hydrogens is 256 g/mol. The first-order valence-electron chi connectivity index (χ1n) is 7.14. The summed E-state index contributed by atoms with van der Waals surface area (Å²) in [6, 6.07) is 7.53. The largest absolute Gasteiger partial charge is 0.497 e.